The molecule has 0 spiro atoms. The topological polar surface area (TPSA) is 70.7 Å². The lowest BCUT2D eigenvalue weighted by Gasteiger charge is -2.39. The van der Waals surface area contributed by atoms with Gasteiger partial charge in [0.2, 0.25) is 12.4 Å². The van der Waals surface area contributed by atoms with E-state index in [0.717, 1.165) is 53.3 Å². The third-order valence-electron chi connectivity index (χ3n) is 7.01. The summed E-state index contributed by atoms with van der Waals surface area (Å²) in [5, 5.41) is 8.21. The molecule has 1 N–H and O–H groups in total. The number of pyridine rings is 1. The van der Waals surface area contributed by atoms with Crippen molar-refractivity contribution in [3.63, 3.8) is 0 Å². The van der Waals surface area contributed by atoms with Crippen LogP contribution < -0.4 is 5.32 Å². The van der Waals surface area contributed by atoms with E-state index in [-0.39, 0.29) is 6.42 Å². The van der Waals surface area contributed by atoms with Crippen molar-refractivity contribution >= 4 is 22.9 Å². The SMILES string of the molecule is CC(C)=Nc1ccc(-c2ccn3nc(NC4CCC(CN5CC(F)C5)CC4)ncc23)nc1C.CCC(F)F. The van der Waals surface area contributed by atoms with Crippen molar-refractivity contribution in [3.05, 3.63) is 36.3 Å². The average Bonchev–Trinajstić information content (AvgIpc) is 3.29. The van der Waals surface area contributed by atoms with E-state index in [9.17, 15) is 13.2 Å². The van der Waals surface area contributed by atoms with Gasteiger partial charge in [-0.05, 0) is 70.6 Å². The second kappa shape index (κ2) is 12.7. The molecule has 38 heavy (non-hydrogen) atoms. The van der Waals surface area contributed by atoms with Gasteiger partial charge in [0.1, 0.15) is 6.17 Å². The summed E-state index contributed by atoms with van der Waals surface area (Å²) < 4.78 is 36.4. The van der Waals surface area contributed by atoms with Crippen LogP contribution in [0.15, 0.2) is 35.6 Å². The molecule has 206 valence electrons. The summed E-state index contributed by atoms with van der Waals surface area (Å²) >= 11 is 0. The summed E-state index contributed by atoms with van der Waals surface area (Å²) in [6.07, 6.45) is 5.62. The molecule has 0 amide bonds. The molecule has 2 fully saturated rings. The highest BCUT2D eigenvalue weighted by Crippen LogP contribution is 2.30. The Balaban J connectivity index is 0.000000617. The molecule has 0 bridgehead atoms. The van der Waals surface area contributed by atoms with E-state index in [4.69, 9.17) is 4.98 Å². The highest BCUT2D eigenvalue weighted by atomic mass is 19.3. The molecule has 1 aliphatic carbocycles. The van der Waals surface area contributed by atoms with Gasteiger partial charge in [-0.25, -0.2) is 22.7 Å². The van der Waals surface area contributed by atoms with Crippen molar-refractivity contribution in [2.45, 2.75) is 78.4 Å². The number of hydrogen-bond donors (Lipinski definition) is 1. The van der Waals surface area contributed by atoms with Gasteiger partial charge in [-0.1, -0.05) is 6.92 Å². The lowest BCUT2D eigenvalue weighted by Crippen LogP contribution is -2.50. The van der Waals surface area contributed by atoms with Crippen LogP contribution in [-0.2, 0) is 0 Å². The highest BCUT2D eigenvalue weighted by Gasteiger charge is 2.30. The van der Waals surface area contributed by atoms with E-state index in [1.807, 2.05) is 55.9 Å². The minimum atomic E-state index is -2.12. The first kappa shape index (κ1) is 28.0. The molecule has 7 nitrogen and oxygen atoms in total. The molecule has 10 heteroatoms. The third-order valence-corrected chi connectivity index (χ3v) is 7.01. The molecule has 2 aliphatic rings. The van der Waals surface area contributed by atoms with Crippen LogP contribution in [0.5, 0.6) is 0 Å². The van der Waals surface area contributed by atoms with Crippen LogP contribution in [0.1, 0.15) is 58.6 Å². The van der Waals surface area contributed by atoms with E-state index < -0.39 is 12.6 Å². The highest BCUT2D eigenvalue weighted by molar-refractivity contribution is 5.83. The Bertz CT molecular complexity index is 1220. The maximum atomic E-state index is 13.0. The minimum Gasteiger partial charge on any atom is -0.350 e. The molecule has 0 atom stereocenters. The summed E-state index contributed by atoms with van der Waals surface area (Å²) in [4.78, 5) is 16.1. The normalized spacial score (nSPS) is 20.1. The van der Waals surface area contributed by atoms with Crippen molar-refractivity contribution < 1.29 is 13.2 Å². The molecule has 1 saturated carbocycles. The van der Waals surface area contributed by atoms with Gasteiger partial charge in [-0.3, -0.25) is 14.9 Å². The van der Waals surface area contributed by atoms with Crippen LogP contribution in [-0.4, -0.2) is 68.5 Å². The van der Waals surface area contributed by atoms with E-state index in [1.54, 1.807) is 0 Å². The quantitative estimate of drug-likeness (QED) is 0.354. The number of hydrogen-bond acceptors (Lipinski definition) is 6. The zero-order chi connectivity index (χ0) is 27.2. The van der Waals surface area contributed by atoms with Crippen molar-refractivity contribution in [2.24, 2.45) is 10.9 Å². The molecular weight excluding hydrogens is 491 g/mol. The molecule has 0 aromatic carbocycles. The fourth-order valence-corrected chi connectivity index (χ4v) is 4.94. The second-order valence-electron chi connectivity index (χ2n) is 10.5. The molecule has 4 heterocycles. The molecular formula is C28H38F3N7. The molecule has 3 aromatic rings. The van der Waals surface area contributed by atoms with Gasteiger partial charge in [0, 0.05) is 49.6 Å². The lowest BCUT2D eigenvalue weighted by molar-refractivity contribution is 0.0454. The van der Waals surface area contributed by atoms with Crippen LogP contribution in [0, 0.1) is 12.8 Å². The summed E-state index contributed by atoms with van der Waals surface area (Å²) in [7, 11) is 0. The van der Waals surface area contributed by atoms with Crippen LogP contribution >= 0.6 is 0 Å². The van der Waals surface area contributed by atoms with Crippen LogP contribution in [0.3, 0.4) is 0 Å². The molecule has 3 aromatic heterocycles. The number of fused-ring (bicyclic) bond motifs is 1. The van der Waals surface area contributed by atoms with E-state index in [0.29, 0.717) is 31.0 Å². The first-order valence-electron chi connectivity index (χ1n) is 13.5. The van der Waals surface area contributed by atoms with Crippen molar-refractivity contribution in [3.8, 4) is 11.3 Å². The van der Waals surface area contributed by atoms with Gasteiger partial charge in [0.05, 0.1) is 28.8 Å². The maximum absolute atomic E-state index is 13.0. The minimum absolute atomic E-state index is 0.0278. The zero-order valence-corrected chi connectivity index (χ0v) is 22.7. The lowest BCUT2D eigenvalue weighted by atomic mass is 9.85. The Labute approximate surface area is 222 Å². The number of halogens is 3. The van der Waals surface area contributed by atoms with Gasteiger partial charge in [-0.2, -0.15) is 0 Å². The second-order valence-corrected chi connectivity index (χ2v) is 10.5. The summed E-state index contributed by atoms with van der Waals surface area (Å²) in [6.45, 7) is 9.69. The number of rotatable bonds is 7. The van der Waals surface area contributed by atoms with Crippen molar-refractivity contribution in [1.29, 1.82) is 0 Å². The smallest absolute Gasteiger partial charge is 0.241 e. The molecule has 0 radical (unpaired) electrons. The first-order chi connectivity index (χ1) is 18.2. The van der Waals surface area contributed by atoms with Crippen LogP contribution in [0.4, 0.5) is 24.8 Å². The average molecular weight is 530 g/mol. The molecule has 1 aliphatic heterocycles. The Morgan fingerprint density at radius 2 is 1.84 bits per heavy atom. The van der Waals surface area contributed by atoms with Crippen molar-refractivity contribution in [1.82, 2.24) is 24.5 Å². The van der Waals surface area contributed by atoms with Gasteiger partial charge in [0.25, 0.3) is 0 Å². The summed E-state index contributed by atoms with van der Waals surface area (Å²) in [5.41, 5.74) is 5.65. The van der Waals surface area contributed by atoms with Crippen LogP contribution in [0.2, 0.25) is 0 Å². The van der Waals surface area contributed by atoms with Gasteiger partial charge in [-0.15, -0.1) is 5.10 Å². The zero-order valence-electron chi connectivity index (χ0n) is 22.7. The number of aliphatic imine (C=N–C) groups is 1. The summed E-state index contributed by atoms with van der Waals surface area (Å²) in [6, 6.07) is 6.44. The Morgan fingerprint density at radius 1 is 1.13 bits per heavy atom. The predicted octanol–water partition coefficient (Wildman–Crippen LogP) is 6.50. The van der Waals surface area contributed by atoms with Crippen LogP contribution in [0.25, 0.3) is 16.8 Å². The number of alkyl halides is 3. The maximum Gasteiger partial charge on any atom is 0.241 e. The fraction of sp³-hybridized carbons (Fsp3) is 0.571. The first-order valence-corrected chi connectivity index (χ1v) is 13.5. The largest absolute Gasteiger partial charge is 0.350 e. The summed E-state index contributed by atoms with van der Waals surface area (Å²) in [5.74, 6) is 1.34. The van der Waals surface area contributed by atoms with Gasteiger partial charge >= 0.3 is 0 Å². The number of anilines is 1. The predicted molar refractivity (Wildman–Crippen MR) is 146 cm³/mol. The van der Waals surface area contributed by atoms with E-state index in [1.165, 1.54) is 19.8 Å². The Kier molecular flexibility index (Phi) is 9.35. The van der Waals surface area contributed by atoms with E-state index >= 15 is 0 Å². The van der Waals surface area contributed by atoms with Gasteiger partial charge < -0.3 is 5.32 Å². The van der Waals surface area contributed by atoms with Gasteiger partial charge in [0.15, 0.2) is 0 Å². The standard InChI is InChI=1S/C25H32FN7.C3H6F2/c1-16(2)28-22-8-9-23(29-17(22)3)21-10-11-33-24(21)12-27-25(31-33)30-20-6-4-18(5-7-20)13-32-14-19(26)15-32;1-2-3(4)5/h8-12,18-20H,4-7,13-15H2,1-3H3,(H,30,31);3H,2H2,1H3. The fourth-order valence-electron chi connectivity index (χ4n) is 4.94. The number of likely N-dealkylation sites (tertiary alicyclic amines) is 1. The Hall–Kier alpha value is -3.01. The molecule has 1 saturated heterocycles. The number of nitrogens with zero attached hydrogens (tertiary/aromatic N) is 6. The van der Waals surface area contributed by atoms with E-state index in [2.05, 4.69) is 25.3 Å². The third kappa shape index (κ3) is 7.30. The number of nitrogens with one attached hydrogen (secondary N) is 1. The number of aromatic nitrogens is 4. The molecule has 5 rings (SSSR count). The molecule has 0 unspecified atom stereocenters. The number of aryl methyl sites for hydroxylation is 1. The van der Waals surface area contributed by atoms with Crippen molar-refractivity contribution in [2.75, 3.05) is 25.0 Å². The Morgan fingerprint density at radius 3 is 2.45 bits per heavy atom. The monoisotopic (exact) mass is 529 g/mol.